The number of hydrogen-bond acceptors (Lipinski definition) is 7. The third kappa shape index (κ3) is 4.37. The van der Waals surface area contributed by atoms with E-state index in [1.165, 1.54) is 25.7 Å². The summed E-state index contributed by atoms with van der Waals surface area (Å²) in [4.78, 5) is 15.6. The molecule has 0 amide bonds. The second-order valence-electron chi connectivity index (χ2n) is 6.33. The lowest BCUT2D eigenvalue weighted by Gasteiger charge is -2.20. The number of hydrogen-bond donors (Lipinski definition) is 1. The highest BCUT2D eigenvalue weighted by atomic mass is 16.5. The molecule has 0 atom stereocenters. The van der Waals surface area contributed by atoms with E-state index < -0.39 is 0 Å². The Kier molecular flexibility index (Phi) is 5.67. The van der Waals surface area contributed by atoms with Gasteiger partial charge in [0.05, 0.1) is 12.8 Å². The normalized spacial score (nSPS) is 15.1. The third-order valence-corrected chi connectivity index (χ3v) is 4.44. The lowest BCUT2D eigenvalue weighted by Crippen LogP contribution is -2.26. The van der Waals surface area contributed by atoms with E-state index in [4.69, 9.17) is 4.74 Å². The molecule has 0 aliphatic carbocycles. The highest BCUT2D eigenvalue weighted by molar-refractivity contribution is 5.39. The van der Waals surface area contributed by atoms with E-state index in [0.29, 0.717) is 24.5 Å². The summed E-state index contributed by atoms with van der Waals surface area (Å²) in [5.41, 5.74) is 2.24. The highest BCUT2D eigenvalue weighted by Crippen LogP contribution is 2.19. The Balaban J connectivity index is 1.77. The van der Waals surface area contributed by atoms with E-state index in [9.17, 15) is 0 Å². The van der Waals surface area contributed by atoms with Crippen molar-refractivity contribution in [2.24, 2.45) is 7.05 Å². The van der Waals surface area contributed by atoms with E-state index in [1.54, 1.807) is 7.11 Å². The van der Waals surface area contributed by atoms with Gasteiger partial charge in [-0.25, -0.2) is 0 Å². The van der Waals surface area contributed by atoms with Crippen LogP contribution in [0.3, 0.4) is 0 Å². The van der Waals surface area contributed by atoms with E-state index in [1.807, 2.05) is 17.9 Å². The number of nitrogens with one attached hydrogen (secondary N) is 1. The number of aromatic nitrogens is 5. The summed E-state index contributed by atoms with van der Waals surface area (Å²) in [6.07, 6.45) is 7.81. The molecule has 3 heterocycles. The van der Waals surface area contributed by atoms with Crippen LogP contribution >= 0.6 is 0 Å². The predicted molar refractivity (Wildman–Crippen MR) is 97.0 cm³/mol. The second-order valence-corrected chi connectivity index (χ2v) is 6.33. The molecule has 0 unspecified atom stereocenters. The Morgan fingerprint density at radius 2 is 1.88 bits per heavy atom. The van der Waals surface area contributed by atoms with Crippen LogP contribution in [0.1, 0.15) is 43.9 Å². The van der Waals surface area contributed by atoms with Crippen LogP contribution < -0.4 is 15.0 Å². The summed E-state index contributed by atoms with van der Waals surface area (Å²) < 4.78 is 7.11. The monoisotopic (exact) mass is 345 g/mol. The highest BCUT2D eigenvalue weighted by Gasteiger charge is 2.16. The van der Waals surface area contributed by atoms with Gasteiger partial charge in [0.1, 0.15) is 0 Å². The van der Waals surface area contributed by atoms with E-state index in [-0.39, 0.29) is 0 Å². The first kappa shape index (κ1) is 17.4. The Morgan fingerprint density at radius 1 is 1.12 bits per heavy atom. The molecular formula is C17H27N7O. The molecule has 0 aromatic carbocycles. The molecule has 0 saturated carbocycles. The largest absolute Gasteiger partial charge is 0.467 e. The average Bonchev–Trinajstić information content (AvgIpc) is 2.83. The molecule has 2 aromatic heterocycles. The number of aryl methyl sites for hydroxylation is 2. The van der Waals surface area contributed by atoms with Gasteiger partial charge >= 0.3 is 6.01 Å². The molecule has 0 bridgehead atoms. The molecule has 1 aliphatic rings. The lowest BCUT2D eigenvalue weighted by molar-refractivity contribution is 0.378. The van der Waals surface area contributed by atoms with Gasteiger partial charge in [-0.05, 0) is 19.3 Å². The van der Waals surface area contributed by atoms with Crippen LogP contribution in [0.5, 0.6) is 6.01 Å². The van der Waals surface area contributed by atoms with E-state index in [0.717, 1.165) is 30.8 Å². The third-order valence-electron chi connectivity index (χ3n) is 4.44. The zero-order chi connectivity index (χ0) is 17.6. The van der Waals surface area contributed by atoms with E-state index >= 15 is 0 Å². The topological polar surface area (TPSA) is 81.0 Å². The van der Waals surface area contributed by atoms with Crippen molar-refractivity contribution >= 4 is 11.9 Å². The molecule has 3 rings (SSSR count). The minimum absolute atomic E-state index is 0.346. The van der Waals surface area contributed by atoms with Gasteiger partial charge in [0.15, 0.2) is 0 Å². The van der Waals surface area contributed by atoms with Gasteiger partial charge < -0.3 is 15.0 Å². The first-order chi connectivity index (χ1) is 12.2. The van der Waals surface area contributed by atoms with Gasteiger partial charge in [0.2, 0.25) is 11.9 Å². The van der Waals surface area contributed by atoms with Crippen molar-refractivity contribution in [3.05, 3.63) is 17.5 Å². The summed E-state index contributed by atoms with van der Waals surface area (Å²) in [5.74, 6) is 1.23. The minimum atomic E-state index is 0.346. The fourth-order valence-electron chi connectivity index (χ4n) is 3.13. The maximum atomic E-state index is 5.27. The molecule has 1 aliphatic heterocycles. The maximum Gasteiger partial charge on any atom is 0.322 e. The van der Waals surface area contributed by atoms with Crippen molar-refractivity contribution in [3.63, 3.8) is 0 Å². The quantitative estimate of drug-likeness (QED) is 0.859. The summed E-state index contributed by atoms with van der Waals surface area (Å²) in [6.45, 7) is 4.70. The van der Waals surface area contributed by atoms with Crippen LogP contribution in [-0.2, 0) is 20.0 Å². The van der Waals surface area contributed by atoms with Crippen molar-refractivity contribution in [3.8, 4) is 6.01 Å². The number of methoxy groups -OCH3 is 1. The molecule has 8 heteroatoms. The number of nitrogens with zero attached hydrogens (tertiary/aromatic N) is 6. The fourth-order valence-corrected chi connectivity index (χ4v) is 3.13. The molecule has 8 nitrogen and oxygen atoms in total. The van der Waals surface area contributed by atoms with Gasteiger partial charge in [-0.1, -0.05) is 19.8 Å². The average molecular weight is 345 g/mol. The summed E-state index contributed by atoms with van der Waals surface area (Å²) >= 11 is 0. The molecule has 136 valence electrons. The molecule has 0 radical (unpaired) electrons. The summed E-state index contributed by atoms with van der Waals surface area (Å²) in [5, 5.41) is 7.76. The van der Waals surface area contributed by atoms with Crippen molar-refractivity contribution in [1.29, 1.82) is 0 Å². The molecule has 1 fully saturated rings. The van der Waals surface area contributed by atoms with Gasteiger partial charge in [-0.15, -0.1) is 0 Å². The molecule has 25 heavy (non-hydrogen) atoms. The van der Waals surface area contributed by atoms with Crippen LogP contribution in [0.15, 0.2) is 6.20 Å². The summed E-state index contributed by atoms with van der Waals surface area (Å²) in [6, 6.07) is 0.346. The van der Waals surface area contributed by atoms with Crippen LogP contribution in [0, 0.1) is 0 Å². The van der Waals surface area contributed by atoms with Crippen molar-refractivity contribution in [2.45, 2.75) is 45.6 Å². The minimum Gasteiger partial charge on any atom is -0.467 e. The Labute approximate surface area is 148 Å². The van der Waals surface area contributed by atoms with E-state index in [2.05, 4.69) is 37.2 Å². The first-order valence-corrected chi connectivity index (χ1v) is 9.00. The molecular weight excluding hydrogens is 318 g/mol. The van der Waals surface area contributed by atoms with Crippen LogP contribution in [-0.4, -0.2) is 44.9 Å². The lowest BCUT2D eigenvalue weighted by atomic mass is 10.2. The van der Waals surface area contributed by atoms with Crippen LogP contribution in [0.4, 0.5) is 11.9 Å². The maximum absolute atomic E-state index is 5.27. The van der Waals surface area contributed by atoms with Crippen LogP contribution in [0.2, 0.25) is 0 Å². The number of rotatable bonds is 6. The standard InChI is InChI=1S/C17H27N7O/c1-4-14-13(12-23(2)22-14)11-18-15-19-16(21-17(20-15)25-3)24-9-7-5-6-8-10-24/h12H,4-11H2,1-3H3,(H,18,19,20,21). The van der Waals surface area contributed by atoms with Gasteiger partial charge in [0, 0.05) is 38.4 Å². The number of anilines is 2. The summed E-state index contributed by atoms with van der Waals surface area (Å²) in [7, 11) is 3.52. The zero-order valence-electron chi connectivity index (χ0n) is 15.3. The predicted octanol–water partition coefficient (Wildman–Crippen LogP) is 2.17. The van der Waals surface area contributed by atoms with Crippen molar-refractivity contribution in [2.75, 3.05) is 30.4 Å². The fraction of sp³-hybridized carbons (Fsp3) is 0.647. The smallest absolute Gasteiger partial charge is 0.322 e. The van der Waals surface area contributed by atoms with Crippen molar-refractivity contribution < 1.29 is 4.74 Å². The first-order valence-electron chi connectivity index (χ1n) is 9.00. The molecule has 1 N–H and O–H groups in total. The molecule has 2 aromatic rings. The van der Waals surface area contributed by atoms with Gasteiger partial charge in [0.25, 0.3) is 0 Å². The van der Waals surface area contributed by atoms with Gasteiger partial charge in [-0.3, -0.25) is 4.68 Å². The Bertz CT molecular complexity index is 692. The number of ether oxygens (including phenoxy) is 1. The molecule has 0 spiro atoms. The van der Waals surface area contributed by atoms with Crippen LogP contribution in [0.25, 0.3) is 0 Å². The van der Waals surface area contributed by atoms with Crippen molar-refractivity contribution in [1.82, 2.24) is 24.7 Å². The zero-order valence-corrected chi connectivity index (χ0v) is 15.3. The Morgan fingerprint density at radius 3 is 2.56 bits per heavy atom. The second kappa shape index (κ2) is 8.13. The Hall–Kier alpha value is -2.38. The SMILES string of the molecule is CCc1nn(C)cc1CNc1nc(OC)nc(N2CCCCCC2)n1. The molecule has 1 saturated heterocycles. The van der Waals surface area contributed by atoms with Gasteiger partial charge in [-0.2, -0.15) is 20.1 Å².